The van der Waals surface area contributed by atoms with Crippen molar-refractivity contribution in [1.29, 1.82) is 0 Å². The normalized spacial score (nSPS) is 18.1. The molecule has 1 aliphatic heterocycles. The van der Waals surface area contributed by atoms with E-state index in [0.29, 0.717) is 5.13 Å². The van der Waals surface area contributed by atoms with Crippen molar-refractivity contribution in [2.24, 2.45) is 0 Å². The number of nitrogens with one attached hydrogen (secondary N) is 1. The molecule has 3 N–H and O–H groups in total. The van der Waals surface area contributed by atoms with Gasteiger partial charge in [-0.2, -0.15) is 0 Å². The van der Waals surface area contributed by atoms with E-state index in [2.05, 4.69) is 36.8 Å². The lowest BCUT2D eigenvalue weighted by atomic mass is 10.2. The number of hydrogen-bond acceptors (Lipinski definition) is 4. The summed E-state index contributed by atoms with van der Waals surface area (Å²) in [5.74, 6) is 0.0273. The Morgan fingerprint density at radius 1 is 1.45 bits per heavy atom. The van der Waals surface area contributed by atoms with Crippen molar-refractivity contribution in [3.8, 4) is 10.6 Å². The summed E-state index contributed by atoms with van der Waals surface area (Å²) in [6.07, 6.45) is 2.03. The van der Waals surface area contributed by atoms with E-state index in [-0.39, 0.29) is 11.9 Å². The first-order valence-electron chi connectivity index (χ1n) is 6.46. The van der Waals surface area contributed by atoms with Gasteiger partial charge in [-0.1, -0.05) is 39.4 Å². The summed E-state index contributed by atoms with van der Waals surface area (Å²) in [4.78, 5) is 12.0. The number of carbonyl (C=O) groups excluding carboxylic acids is 1. The number of nitrogens with two attached hydrogens (primary N) is 1. The number of aromatic nitrogens is 2. The van der Waals surface area contributed by atoms with E-state index in [4.69, 9.17) is 0 Å². The lowest BCUT2D eigenvalue weighted by Gasteiger charge is -2.04. The third-order valence-electron chi connectivity index (χ3n) is 3.23. The van der Waals surface area contributed by atoms with E-state index >= 15 is 0 Å². The highest BCUT2D eigenvalue weighted by atomic mass is 79.9. The molecule has 1 fully saturated rings. The van der Waals surface area contributed by atoms with Gasteiger partial charge in [0.1, 0.15) is 5.01 Å². The molecule has 104 valence electrons. The summed E-state index contributed by atoms with van der Waals surface area (Å²) in [5.41, 5.74) is 0.991. The molecule has 2 heterocycles. The first-order valence-corrected chi connectivity index (χ1v) is 8.07. The number of quaternary nitrogens is 1. The zero-order chi connectivity index (χ0) is 13.9. The van der Waals surface area contributed by atoms with Crippen molar-refractivity contribution in [1.82, 2.24) is 10.2 Å². The minimum absolute atomic E-state index is 0.0215. The Labute approximate surface area is 128 Å². The summed E-state index contributed by atoms with van der Waals surface area (Å²) < 4.78 is 0.997. The number of halogens is 1. The van der Waals surface area contributed by atoms with Crippen LogP contribution in [0.4, 0.5) is 5.13 Å². The minimum Gasteiger partial charge on any atom is -0.336 e. The minimum atomic E-state index is 0.0215. The first kappa shape index (κ1) is 13.7. The average Bonchev–Trinajstić information content (AvgIpc) is 3.10. The van der Waals surface area contributed by atoms with Crippen molar-refractivity contribution in [3.63, 3.8) is 0 Å². The molecule has 7 heteroatoms. The van der Waals surface area contributed by atoms with Crippen molar-refractivity contribution in [2.75, 3.05) is 11.9 Å². The third-order valence-corrected chi connectivity index (χ3v) is 4.61. The highest BCUT2D eigenvalue weighted by Gasteiger charge is 2.27. The highest BCUT2D eigenvalue weighted by Crippen LogP contribution is 2.28. The molecule has 0 saturated carbocycles. The Morgan fingerprint density at radius 3 is 3.10 bits per heavy atom. The molecular weight excluding hydrogens is 340 g/mol. The summed E-state index contributed by atoms with van der Waals surface area (Å²) in [6.45, 7) is 1.03. The van der Waals surface area contributed by atoms with Crippen LogP contribution in [-0.2, 0) is 4.79 Å². The first-order chi connectivity index (χ1) is 9.72. The van der Waals surface area contributed by atoms with E-state index in [1.165, 1.54) is 11.3 Å². The van der Waals surface area contributed by atoms with E-state index in [1.807, 2.05) is 24.3 Å². The molecule has 0 aliphatic carbocycles. The van der Waals surface area contributed by atoms with Gasteiger partial charge in [0.05, 0.1) is 6.54 Å². The summed E-state index contributed by atoms with van der Waals surface area (Å²) in [5, 5.41) is 14.5. The molecule has 3 rings (SSSR count). The third kappa shape index (κ3) is 3.05. The van der Waals surface area contributed by atoms with Crippen LogP contribution in [0.1, 0.15) is 12.8 Å². The molecule has 5 nitrogen and oxygen atoms in total. The Balaban J connectivity index is 1.72. The van der Waals surface area contributed by atoms with Gasteiger partial charge in [0.25, 0.3) is 5.91 Å². The molecule has 0 spiro atoms. The molecule has 20 heavy (non-hydrogen) atoms. The van der Waals surface area contributed by atoms with Crippen molar-refractivity contribution < 1.29 is 10.1 Å². The van der Waals surface area contributed by atoms with E-state index in [1.54, 1.807) is 0 Å². The van der Waals surface area contributed by atoms with Gasteiger partial charge in [-0.15, -0.1) is 10.2 Å². The van der Waals surface area contributed by atoms with E-state index in [0.717, 1.165) is 34.4 Å². The van der Waals surface area contributed by atoms with Gasteiger partial charge in [0.2, 0.25) is 5.13 Å². The van der Waals surface area contributed by atoms with Crippen LogP contribution in [-0.4, -0.2) is 28.7 Å². The molecule has 1 atom stereocenters. The van der Waals surface area contributed by atoms with Crippen LogP contribution in [0.25, 0.3) is 10.6 Å². The SMILES string of the molecule is O=C(Nc1nnc(-c2cccc(Br)c2)s1)[C@H]1CCC[NH2+]1. The summed E-state index contributed by atoms with van der Waals surface area (Å²) >= 11 is 4.83. The molecule has 1 amide bonds. The van der Waals surface area contributed by atoms with Gasteiger partial charge in [-0.25, -0.2) is 0 Å². The molecule has 0 unspecified atom stereocenters. The Bertz CT molecular complexity index is 624. The topological polar surface area (TPSA) is 71.5 Å². The number of hydrogen-bond donors (Lipinski definition) is 2. The molecule has 0 bridgehead atoms. The number of carbonyl (C=O) groups is 1. The van der Waals surface area contributed by atoms with Crippen molar-refractivity contribution in [3.05, 3.63) is 28.7 Å². The molecule has 1 aromatic heterocycles. The molecule has 1 aromatic carbocycles. The predicted octanol–water partition coefficient (Wildman–Crippen LogP) is 1.63. The van der Waals surface area contributed by atoms with Crippen LogP contribution in [0.5, 0.6) is 0 Å². The predicted molar refractivity (Wildman–Crippen MR) is 81.5 cm³/mol. The Hall–Kier alpha value is -1.31. The molecule has 1 aliphatic rings. The van der Waals surface area contributed by atoms with Crippen LogP contribution in [0.2, 0.25) is 0 Å². The fourth-order valence-electron chi connectivity index (χ4n) is 2.22. The standard InChI is InChI=1S/C13H13BrN4OS/c14-9-4-1-3-8(7-9)12-17-18-13(20-12)16-11(19)10-5-2-6-15-10/h1,3-4,7,10,15H,2,5-6H2,(H,16,18,19)/p+1/t10-/m1/s1. The van der Waals surface area contributed by atoms with Gasteiger partial charge < -0.3 is 5.32 Å². The molecule has 0 radical (unpaired) electrons. The maximum absolute atomic E-state index is 12.0. The van der Waals surface area contributed by atoms with Gasteiger partial charge in [-0.3, -0.25) is 10.1 Å². The summed E-state index contributed by atoms with van der Waals surface area (Å²) in [6, 6.07) is 7.89. The second-order valence-electron chi connectivity index (χ2n) is 4.69. The van der Waals surface area contributed by atoms with Crippen LogP contribution in [0.15, 0.2) is 28.7 Å². The Morgan fingerprint density at radius 2 is 2.35 bits per heavy atom. The maximum atomic E-state index is 12.0. The number of nitrogens with zero attached hydrogens (tertiary/aromatic N) is 2. The van der Waals surface area contributed by atoms with Crippen LogP contribution in [0, 0.1) is 0 Å². The maximum Gasteiger partial charge on any atom is 0.284 e. The van der Waals surface area contributed by atoms with Crippen molar-refractivity contribution in [2.45, 2.75) is 18.9 Å². The monoisotopic (exact) mass is 353 g/mol. The zero-order valence-corrected chi connectivity index (χ0v) is 13.1. The molecule has 2 aromatic rings. The zero-order valence-electron chi connectivity index (χ0n) is 10.7. The quantitative estimate of drug-likeness (QED) is 0.880. The van der Waals surface area contributed by atoms with E-state index < -0.39 is 0 Å². The van der Waals surface area contributed by atoms with Gasteiger partial charge in [-0.05, 0) is 12.1 Å². The van der Waals surface area contributed by atoms with Crippen LogP contribution >= 0.6 is 27.3 Å². The van der Waals surface area contributed by atoms with Gasteiger partial charge >= 0.3 is 0 Å². The Kier molecular flexibility index (Phi) is 4.09. The smallest absolute Gasteiger partial charge is 0.284 e. The fraction of sp³-hybridized carbons (Fsp3) is 0.308. The molecular formula is C13H14BrN4OS+. The number of rotatable bonds is 3. The molecule has 1 saturated heterocycles. The lowest BCUT2D eigenvalue weighted by molar-refractivity contribution is -0.656. The average molecular weight is 354 g/mol. The van der Waals surface area contributed by atoms with Gasteiger partial charge in [0, 0.05) is 22.9 Å². The van der Waals surface area contributed by atoms with Crippen LogP contribution < -0.4 is 10.6 Å². The van der Waals surface area contributed by atoms with Crippen molar-refractivity contribution >= 4 is 38.3 Å². The van der Waals surface area contributed by atoms with Crippen LogP contribution in [0.3, 0.4) is 0 Å². The van der Waals surface area contributed by atoms with Gasteiger partial charge in [0.15, 0.2) is 6.04 Å². The second kappa shape index (κ2) is 5.99. The largest absolute Gasteiger partial charge is 0.336 e. The van der Waals surface area contributed by atoms with E-state index in [9.17, 15) is 4.79 Å². The lowest BCUT2D eigenvalue weighted by Crippen LogP contribution is -2.88. The number of benzene rings is 1. The number of anilines is 1. The second-order valence-corrected chi connectivity index (χ2v) is 6.58. The summed E-state index contributed by atoms with van der Waals surface area (Å²) in [7, 11) is 0. The number of amides is 1. The highest BCUT2D eigenvalue weighted by molar-refractivity contribution is 9.10. The fourth-order valence-corrected chi connectivity index (χ4v) is 3.36.